The zero-order valence-electron chi connectivity index (χ0n) is 10.5. The van der Waals surface area contributed by atoms with Crippen LogP contribution in [0.15, 0.2) is 0 Å². The summed E-state index contributed by atoms with van der Waals surface area (Å²) in [4.78, 5) is 0. The van der Waals surface area contributed by atoms with Crippen molar-refractivity contribution in [2.75, 3.05) is 0 Å². The van der Waals surface area contributed by atoms with Crippen LogP contribution in [0.2, 0.25) is 0 Å². The molecule has 0 aliphatic carbocycles. The molecule has 0 radical (unpaired) electrons. The van der Waals surface area contributed by atoms with Crippen molar-refractivity contribution in [2.45, 2.75) is 83.8 Å². The average molecular weight is 216 g/mol. The number of unbranched alkanes of at least 4 members (excludes halogenated alkanes) is 6. The van der Waals surface area contributed by atoms with Gasteiger partial charge in [0.25, 0.3) is 0 Å². The molecule has 0 bridgehead atoms. The van der Waals surface area contributed by atoms with Crippen LogP contribution in [0.5, 0.6) is 0 Å². The fraction of sp³-hybridized carbons (Fsp3) is 1.00. The molecule has 0 saturated carbocycles. The highest BCUT2D eigenvalue weighted by Gasteiger charge is 2.20. The van der Waals surface area contributed by atoms with E-state index in [-0.39, 0.29) is 0 Å². The second-order valence-corrected chi connectivity index (χ2v) is 4.60. The first-order chi connectivity index (χ1) is 7.12. The third kappa shape index (κ3) is 10.2. The van der Waals surface area contributed by atoms with E-state index in [1.54, 1.807) is 0 Å². The molecule has 0 aliphatic rings. The second kappa shape index (κ2) is 9.17. The normalized spacial score (nSPS) is 12.0. The van der Waals surface area contributed by atoms with Crippen LogP contribution in [0, 0.1) is 0 Å². The van der Waals surface area contributed by atoms with Crippen LogP contribution >= 0.6 is 0 Å². The molecule has 0 aromatic heterocycles. The van der Waals surface area contributed by atoms with Gasteiger partial charge in [-0.25, -0.2) is 0 Å². The first kappa shape index (κ1) is 14.9. The van der Waals surface area contributed by atoms with Crippen LogP contribution in [0.4, 0.5) is 0 Å². The Labute approximate surface area is 94.7 Å². The summed E-state index contributed by atoms with van der Waals surface area (Å²) in [6, 6.07) is 0. The van der Waals surface area contributed by atoms with E-state index in [0.717, 1.165) is 19.3 Å². The summed E-state index contributed by atoms with van der Waals surface area (Å²) in [5, 5.41) is 19.0. The molecule has 0 heterocycles. The van der Waals surface area contributed by atoms with Gasteiger partial charge in [-0.1, -0.05) is 58.8 Å². The number of hydrogen-bond acceptors (Lipinski definition) is 2. The van der Waals surface area contributed by atoms with Crippen LogP contribution < -0.4 is 0 Å². The lowest BCUT2D eigenvalue weighted by atomic mass is 10.0. The van der Waals surface area contributed by atoms with E-state index in [9.17, 15) is 10.2 Å². The van der Waals surface area contributed by atoms with E-state index in [1.165, 1.54) is 32.1 Å². The first-order valence-corrected chi connectivity index (χ1v) is 6.57. The van der Waals surface area contributed by atoms with Crippen molar-refractivity contribution in [2.24, 2.45) is 0 Å². The molecule has 0 spiro atoms. The molecule has 2 heteroatoms. The molecule has 0 aliphatic heterocycles. The summed E-state index contributed by atoms with van der Waals surface area (Å²) in [6.45, 7) is 4.20. The van der Waals surface area contributed by atoms with E-state index >= 15 is 0 Å². The van der Waals surface area contributed by atoms with Crippen molar-refractivity contribution >= 4 is 0 Å². The summed E-state index contributed by atoms with van der Waals surface area (Å²) in [5.41, 5.74) is 0. The van der Waals surface area contributed by atoms with Crippen molar-refractivity contribution in [3.05, 3.63) is 0 Å². The van der Waals surface area contributed by atoms with Gasteiger partial charge in [0.15, 0.2) is 5.79 Å². The fourth-order valence-corrected chi connectivity index (χ4v) is 1.89. The molecule has 92 valence electrons. The van der Waals surface area contributed by atoms with Gasteiger partial charge >= 0.3 is 0 Å². The van der Waals surface area contributed by atoms with Gasteiger partial charge in [0.2, 0.25) is 0 Å². The predicted molar refractivity (Wildman–Crippen MR) is 64.7 cm³/mol. The van der Waals surface area contributed by atoms with Gasteiger partial charge in [-0.15, -0.1) is 0 Å². The van der Waals surface area contributed by atoms with Crippen molar-refractivity contribution in [1.29, 1.82) is 0 Å². The summed E-state index contributed by atoms with van der Waals surface area (Å²) < 4.78 is 0. The summed E-state index contributed by atoms with van der Waals surface area (Å²) in [5.74, 6) is -1.40. The lowest BCUT2D eigenvalue weighted by molar-refractivity contribution is -0.171. The molecule has 0 aromatic rings. The third-order valence-corrected chi connectivity index (χ3v) is 2.83. The SMILES string of the molecule is CCCCCCCCCC(O)(O)CCC. The maximum absolute atomic E-state index is 9.51. The minimum absolute atomic E-state index is 0.503. The highest BCUT2D eigenvalue weighted by molar-refractivity contribution is 4.63. The Morgan fingerprint density at radius 2 is 1.20 bits per heavy atom. The molecule has 15 heavy (non-hydrogen) atoms. The quantitative estimate of drug-likeness (QED) is 0.432. The average Bonchev–Trinajstić information content (AvgIpc) is 2.16. The molecule has 0 atom stereocenters. The van der Waals surface area contributed by atoms with Gasteiger partial charge in [0.1, 0.15) is 0 Å². The van der Waals surface area contributed by atoms with Gasteiger partial charge in [0, 0.05) is 12.8 Å². The summed E-state index contributed by atoms with van der Waals surface area (Å²) in [7, 11) is 0. The fourth-order valence-electron chi connectivity index (χ4n) is 1.89. The molecular formula is C13H28O2. The molecular weight excluding hydrogens is 188 g/mol. The Bertz CT molecular complexity index is 132. The number of hydrogen-bond donors (Lipinski definition) is 2. The molecule has 0 fully saturated rings. The Balaban J connectivity index is 3.22. The van der Waals surface area contributed by atoms with Crippen LogP contribution in [0.25, 0.3) is 0 Å². The lowest BCUT2D eigenvalue weighted by Gasteiger charge is -2.20. The minimum atomic E-state index is -1.40. The van der Waals surface area contributed by atoms with Crippen LogP contribution in [0.1, 0.15) is 78.1 Å². The highest BCUT2D eigenvalue weighted by atomic mass is 16.5. The predicted octanol–water partition coefficient (Wildman–Crippen LogP) is 3.61. The topological polar surface area (TPSA) is 40.5 Å². The van der Waals surface area contributed by atoms with Crippen LogP contribution in [-0.4, -0.2) is 16.0 Å². The zero-order valence-corrected chi connectivity index (χ0v) is 10.5. The van der Waals surface area contributed by atoms with Gasteiger partial charge < -0.3 is 10.2 Å². The first-order valence-electron chi connectivity index (χ1n) is 6.57. The van der Waals surface area contributed by atoms with Crippen molar-refractivity contribution in [3.63, 3.8) is 0 Å². The molecule has 0 aromatic carbocycles. The van der Waals surface area contributed by atoms with E-state index < -0.39 is 5.79 Å². The summed E-state index contributed by atoms with van der Waals surface area (Å²) >= 11 is 0. The Kier molecular flexibility index (Phi) is 9.12. The minimum Gasteiger partial charge on any atom is -0.366 e. The molecule has 0 rings (SSSR count). The van der Waals surface area contributed by atoms with E-state index in [1.807, 2.05) is 6.92 Å². The van der Waals surface area contributed by atoms with Gasteiger partial charge in [-0.3, -0.25) is 0 Å². The van der Waals surface area contributed by atoms with Crippen molar-refractivity contribution in [1.82, 2.24) is 0 Å². The largest absolute Gasteiger partial charge is 0.366 e. The molecule has 0 saturated heterocycles. The second-order valence-electron chi connectivity index (χ2n) is 4.60. The van der Waals surface area contributed by atoms with E-state index in [2.05, 4.69) is 6.92 Å². The Morgan fingerprint density at radius 3 is 1.73 bits per heavy atom. The molecule has 0 amide bonds. The van der Waals surface area contributed by atoms with Gasteiger partial charge in [-0.05, 0) is 6.42 Å². The molecule has 2 nitrogen and oxygen atoms in total. The maximum atomic E-state index is 9.51. The zero-order chi connectivity index (χ0) is 11.6. The van der Waals surface area contributed by atoms with Gasteiger partial charge in [0.05, 0.1) is 0 Å². The van der Waals surface area contributed by atoms with E-state index in [4.69, 9.17) is 0 Å². The van der Waals surface area contributed by atoms with Crippen LogP contribution in [0.3, 0.4) is 0 Å². The number of rotatable bonds is 10. The van der Waals surface area contributed by atoms with E-state index in [0.29, 0.717) is 12.8 Å². The van der Waals surface area contributed by atoms with Crippen molar-refractivity contribution in [3.8, 4) is 0 Å². The maximum Gasteiger partial charge on any atom is 0.162 e. The molecule has 0 unspecified atom stereocenters. The standard InChI is InChI=1S/C13H28O2/c1-3-5-6-7-8-9-10-12-13(14,15)11-4-2/h14-15H,3-12H2,1-2H3. The smallest absolute Gasteiger partial charge is 0.162 e. The highest BCUT2D eigenvalue weighted by Crippen LogP contribution is 2.18. The monoisotopic (exact) mass is 216 g/mol. The number of aliphatic hydroxyl groups is 2. The molecule has 2 N–H and O–H groups in total. The Morgan fingerprint density at radius 1 is 0.667 bits per heavy atom. The summed E-state index contributed by atoms with van der Waals surface area (Å²) in [6.07, 6.45) is 10.4. The Hall–Kier alpha value is -0.0800. The van der Waals surface area contributed by atoms with Crippen LogP contribution in [-0.2, 0) is 0 Å². The third-order valence-electron chi connectivity index (χ3n) is 2.83. The van der Waals surface area contributed by atoms with Crippen molar-refractivity contribution < 1.29 is 10.2 Å². The lowest BCUT2D eigenvalue weighted by Crippen LogP contribution is -2.27. The van der Waals surface area contributed by atoms with Gasteiger partial charge in [-0.2, -0.15) is 0 Å².